The molecule has 0 aromatic carbocycles. The highest BCUT2D eigenvalue weighted by atomic mass is 14.9. The van der Waals surface area contributed by atoms with Crippen molar-refractivity contribution in [2.24, 2.45) is 16.5 Å². The minimum Gasteiger partial charge on any atom is -0.390 e. The fourth-order valence-electron chi connectivity index (χ4n) is 1.36. The average molecular weight is 407 g/mol. The van der Waals surface area contributed by atoms with E-state index in [0.29, 0.717) is 5.82 Å². The summed E-state index contributed by atoms with van der Waals surface area (Å²) in [6.45, 7) is 21.9. The molecule has 2 aromatic heterocycles. The minimum atomic E-state index is 0.655. The molecule has 5 N–H and O–H groups in total. The van der Waals surface area contributed by atoms with E-state index in [-0.39, 0.29) is 0 Å². The van der Waals surface area contributed by atoms with Crippen molar-refractivity contribution in [1.82, 2.24) is 9.97 Å². The molecule has 0 saturated carbocycles. The summed E-state index contributed by atoms with van der Waals surface area (Å²) in [5.41, 5.74) is 12.6. The summed E-state index contributed by atoms with van der Waals surface area (Å²) in [4.78, 5) is 12.1. The van der Waals surface area contributed by atoms with Gasteiger partial charge in [-0.15, -0.1) is 0 Å². The Bertz CT molecular complexity index is 552. The van der Waals surface area contributed by atoms with Crippen molar-refractivity contribution in [1.29, 1.82) is 5.41 Å². The van der Waals surface area contributed by atoms with Crippen LogP contribution in [0.3, 0.4) is 0 Å². The molecule has 0 spiro atoms. The molecule has 6 heteroatoms. The van der Waals surface area contributed by atoms with Gasteiger partial charge < -0.3 is 11.5 Å². The molecule has 2 rings (SSSR count). The van der Waals surface area contributed by atoms with Crippen LogP contribution in [0.5, 0.6) is 0 Å². The summed E-state index contributed by atoms with van der Waals surface area (Å²) in [5.74, 6) is 0.655. The van der Waals surface area contributed by atoms with Crippen LogP contribution in [0.4, 0.5) is 5.82 Å². The van der Waals surface area contributed by atoms with Crippen molar-refractivity contribution in [3.8, 4) is 0 Å². The van der Waals surface area contributed by atoms with Crippen LogP contribution in [-0.4, -0.2) is 22.6 Å². The number of aromatic nitrogens is 2. The average Bonchev–Trinajstić information content (AvgIpc) is 2.75. The lowest BCUT2D eigenvalue weighted by atomic mass is 10.3. The first-order valence-corrected chi connectivity index (χ1v) is 10.3. The smallest absolute Gasteiger partial charge is 0.153 e. The predicted octanol–water partition coefficient (Wildman–Crippen LogP) is 6.36. The Morgan fingerprint density at radius 2 is 1.00 bits per heavy atom. The van der Waals surface area contributed by atoms with Crippen molar-refractivity contribution in [2.45, 2.75) is 76.2 Å². The zero-order valence-electron chi connectivity index (χ0n) is 20.6. The Morgan fingerprint density at radius 3 is 1.24 bits per heavy atom. The molecule has 0 aliphatic carbocycles. The maximum atomic E-state index is 5.86. The van der Waals surface area contributed by atoms with Crippen molar-refractivity contribution in [3.05, 3.63) is 53.5 Å². The maximum absolute atomic E-state index is 5.86. The Labute approximate surface area is 180 Å². The van der Waals surface area contributed by atoms with E-state index in [4.69, 9.17) is 11.1 Å². The van der Waals surface area contributed by atoms with Gasteiger partial charge in [-0.3, -0.25) is 10.4 Å². The van der Waals surface area contributed by atoms with Crippen LogP contribution in [0.1, 0.15) is 72.5 Å². The summed E-state index contributed by atoms with van der Waals surface area (Å²) in [5, 5.41) is 5.86. The third-order valence-electron chi connectivity index (χ3n) is 2.11. The molecule has 0 atom stereocenters. The van der Waals surface area contributed by atoms with Gasteiger partial charge in [0.25, 0.3) is 0 Å². The molecule has 0 aliphatic rings. The largest absolute Gasteiger partial charge is 0.390 e. The van der Waals surface area contributed by atoms with E-state index in [9.17, 15) is 0 Å². The van der Waals surface area contributed by atoms with Crippen molar-refractivity contribution >= 4 is 18.5 Å². The van der Waals surface area contributed by atoms with Gasteiger partial charge in [-0.05, 0) is 45.0 Å². The number of aliphatic imine (C=N–C) groups is 1. The van der Waals surface area contributed by atoms with E-state index in [2.05, 4.69) is 20.7 Å². The number of aryl methyl sites for hydroxylation is 3. The predicted molar refractivity (Wildman–Crippen MR) is 133 cm³/mol. The van der Waals surface area contributed by atoms with Gasteiger partial charge >= 0.3 is 0 Å². The molecule has 2 heterocycles. The van der Waals surface area contributed by atoms with E-state index in [1.807, 2.05) is 106 Å². The molecular weight excluding hydrogens is 360 g/mol. The Morgan fingerprint density at radius 1 is 0.690 bits per heavy atom. The van der Waals surface area contributed by atoms with E-state index < -0.39 is 0 Å². The molecule has 6 nitrogen and oxygen atoms in total. The lowest BCUT2D eigenvalue weighted by Gasteiger charge is -1.91. The van der Waals surface area contributed by atoms with Crippen LogP contribution in [0, 0.1) is 26.2 Å². The standard InChI is InChI=1S/C7H9N3.C7H9N.4C2H6.CH4N2/c1-6-3-2-4-7(10-6)9-5-8;1-6-4-3-5-7(2)8-6;4*1-2;2-1-3/h2-5H,1H3,(H2,8,9,10);3-5H,1-2H3;4*1-2H3;1H,(H3,2,3). The summed E-state index contributed by atoms with van der Waals surface area (Å²) >= 11 is 0. The first-order valence-electron chi connectivity index (χ1n) is 10.3. The number of hydrogen-bond donors (Lipinski definition) is 3. The Balaban J connectivity index is -0.0000000906. The second-order valence-corrected chi connectivity index (χ2v) is 4.00. The van der Waals surface area contributed by atoms with E-state index in [1.54, 1.807) is 6.07 Å². The fraction of sp³-hybridized carbons (Fsp3) is 0.478. The van der Waals surface area contributed by atoms with Crippen LogP contribution in [0.15, 0.2) is 41.4 Å². The zero-order chi connectivity index (χ0) is 24.1. The molecule has 29 heavy (non-hydrogen) atoms. The lowest BCUT2D eigenvalue weighted by Crippen LogP contribution is -1.87. The highest BCUT2D eigenvalue weighted by molar-refractivity contribution is 5.56. The van der Waals surface area contributed by atoms with Crippen molar-refractivity contribution < 1.29 is 0 Å². The van der Waals surface area contributed by atoms with Gasteiger partial charge in [-0.25, -0.2) is 9.98 Å². The van der Waals surface area contributed by atoms with Gasteiger partial charge in [0.2, 0.25) is 0 Å². The van der Waals surface area contributed by atoms with E-state index in [0.717, 1.165) is 23.4 Å². The first-order chi connectivity index (χ1) is 14.0. The van der Waals surface area contributed by atoms with Crippen molar-refractivity contribution in [2.75, 3.05) is 0 Å². The molecule has 0 fully saturated rings. The second-order valence-electron chi connectivity index (χ2n) is 4.00. The van der Waals surface area contributed by atoms with Crippen molar-refractivity contribution in [3.63, 3.8) is 0 Å². The fourth-order valence-corrected chi connectivity index (χ4v) is 1.36. The Kier molecular flexibility index (Phi) is 46.3. The number of rotatable bonds is 1. The second kappa shape index (κ2) is 36.2. The zero-order valence-corrected chi connectivity index (χ0v) is 20.6. The van der Waals surface area contributed by atoms with Crippen LogP contribution in [0.25, 0.3) is 0 Å². The lowest BCUT2D eigenvalue weighted by molar-refractivity contribution is 1.12. The van der Waals surface area contributed by atoms with Gasteiger partial charge in [0.15, 0.2) is 5.82 Å². The summed E-state index contributed by atoms with van der Waals surface area (Å²) in [6.07, 6.45) is 1.99. The highest BCUT2D eigenvalue weighted by Gasteiger charge is 1.87. The van der Waals surface area contributed by atoms with Crippen LogP contribution in [0.2, 0.25) is 0 Å². The third kappa shape index (κ3) is 33.3. The molecule has 0 amide bonds. The first kappa shape index (κ1) is 37.1. The van der Waals surface area contributed by atoms with Crippen LogP contribution >= 0.6 is 0 Å². The highest BCUT2D eigenvalue weighted by Crippen LogP contribution is 2.05. The molecule has 168 valence electrons. The summed E-state index contributed by atoms with van der Waals surface area (Å²) in [7, 11) is 0. The minimum absolute atomic E-state index is 0.655. The normalized spacial score (nSPS) is 7.41. The summed E-state index contributed by atoms with van der Waals surface area (Å²) in [6, 6.07) is 11.6. The van der Waals surface area contributed by atoms with Gasteiger partial charge in [-0.2, -0.15) is 0 Å². The molecule has 0 bridgehead atoms. The maximum Gasteiger partial charge on any atom is 0.153 e. The number of hydrogen-bond acceptors (Lipinski definition) is 4. The molecule has 0 radical (unpaired) electrons. The van der Waals surface area contributed by atoms with Gasteiger partial charge in [0.1, 0.15) is 0 Å². The quantitative estimate of drug-likeness (QED) is 0.377. The monoisotopic (exact) mass is 406 g/mol. The molecule has 0 aliphatic heterocycles. The molecule has 0 unspecified atom stereocenters. The van der Waals surface area contributed by atoms with E-state index in [1.165, 1.54) is 6.34 Å². The molecule has 2 aromatic rings. The topological polar surface area (TPSA) is 114 Å². The molecule has 0 saturated heterocycles. The van der Waals surface area contributed by atoms with Crippen LogP contribution < -0.4 is 11.5 Å². The number of pyridine rings is 2. The van der Waals surface area contributed by atoms with Crippen LogP contribution in [-0.2, 0) is 0 Å². The third-order valence-corrected chi connectivity index (χ3v) is 2.11. The molecular formula is C23H46N6. The SMILES string of the molecule is CC.CC.CC.CC.Cc1cccc(C)n1.Cc1cccc(N=CN)n1.N=CN. The van der Waals surface area contributed by atoms with Gasteiger partial charge in [-0.1, -0.05) is 67.5 Å². The van der Waals surface area contributed by atoms with Gasteiger partial charge in [0, 0.05) is 17.1 Å². The Hall–Kier alpha value is -2.76. The summed E-state index contributed by atoms with van der Waals surface area (Å²) < 4.78 is 0. The number of nitrogens with zero attached hydrogens (tertiary/aromatic N) is 3. The number of nitrogens with two attached hydrogens (primary N) is 2. The van der Waals surface area contributed by atoms with E-state index >= 15 is 0 Å². The number of nitrogens with one attached hydrogen (secondary N) is 1. The van der Waals surface area contributed by atoms with Gasteiger partial charge in [0.05, 0.1) is 12.7 Å².